The molecule has 0 bridgehead atoms. The third-order valence-corrected chi connectivity index (χ3v) is 3.44. The molecule has 0 heterocycles. The third kappa shape index (κ3) is 4.35. The molecule has 2 aromatic rings. The number of hydrogen-bond donors (Lipinski definition) is 0. The summed E-state index contributed by atoms with van der Waals surface area (Å²) in [5, 5.41) is 0. The highest BCUT2D eigenvalue weighted by Crippen LogP contribution is 2.18. The smallest absolute Gasteiger partial charge is 0.241 e. The number of nitrogens with zero attached hydrogens (tertiary/aromatic N) is 2. The van der Waals surface area contributed by atoms with Crippen molar-refractivity contribution in [2.24, 2.45) is 0 Å². The maximum absolute atomic E-state index is 12.1. The molecule has 0 aliphatic rings. The number of benzene rings is 2. The van der Waals surface area contributed by atoms with Crippen LogP contribution in [-0.4, -0.2) is 31.4 Å². The Kier molecular flexibility index (Phi) is 4.99. The number of anilines is 1. The average Bonchev–Trinajstić information content (AvgIpc) is 2.48. The number of rotatable bonds is 5. The first kappa shape index (κ1) is 15.1. The van der Waals surface area contributed by atoms with Crippen LogP contribution in [0, 0.1) is 6.92 Å². The zero-order chi connectivity index (χ0) is 15.2. The molecular formula is C18H22N2O. The topological polar surface area (TPSA) is 23.6 Å². The summed E-state index contributed by atoms with van der Waals surface area (Å²) < 4.78 is 0. The molecule has 0 spiro atoms. The van der Waals surface area contributed by atoms with Gasteiger partial charge < -0.3 is 9.80 Å². The van der Waals surface area contributed by atoms with Crippen molar-refractivity contribution >= 4 is 11.6 Å². The Balaban J connectivity index is 2.21. The van der Waals surface area contributed by atoms with Gasteiger partial charge in [0.25, 0.3) is 0 Å². The second kappa shape index (κ2) is 6.93. The van der Waals surface area contributed by atoms with E-state index in [0.717, 1.165) is 12.2 Å². The van der Waals surface area contributed by atoms with Gasteiger partial charge in [0, 0.05) is 26.3 Å². The second-order valence-corrected chi connectivity index (χ2v) is 5.47. The normalized spacial score (nSPS) is 10.2. The monoisotopic (exact) mass is 282 g/mol. The Hall–Kier alpha value is -2.29. The summed E-state index contributed by atoms with van der Waals surface area (Å²) in [6, 6.07) is 18.5. The molecule has 0 fully saturated rings. The fourth-order valence-electron chi connectivity index (χ4n) is 2.10. The molecule has 0 aliphatic heterocycles. The first-order valence-electron chi connectivity index (χ1n) is 7.12. The highest BCUT2D eigenvalue weighted by Gasteiger charge is 2.13. The molecule has 0 N–H and O–H groups in total. The van der Waals surface area contributed by atoms with Crippen LogP contribution in [0.1, 0.15) is 11.1 Å². The predicted octanol–water partition coefficient (Wildman–Crippen LogP) is 3.09. The summed E-state index contributed by atoms with van der Waals surface area (Å²) in [4.78, 5) is 15.8. The Bertz CT molecular complexity index is 576. The fourth-order valence-corrected chi connectivity index (χ4v) is 2.10. The molecule has 21 heavy (non-hydrogen) atoms. The van der Waals surface area contributed by atoms with Gasteiger partial charge in [-0.1, -0.05) is 48.0 Å². The summed E-state index contributed by atoms with van der Waals surface area (Å²) >= 11 is 0. The van der Waals surface area contributed by atoms with E-state index in [1.165, 1.54) is 11.1 Å². The van der Waals surface area contributed by atoms with Gasteiger partial charge in [-0.05, 0) is 24.6 Å². The lowest BCUT2D eigenvalue weighted by molar-refractivity contribution is -0.127. The van der Waals surface area contributed by atoms with Gasteiger partial charge in [-0.15, -0.1) is 0 Å². The van der Waals surface area contributed by atoms with Crippen molar-refractivity contribution < 1.29 is 4.79 Å². The van der Waals surface area contributed by atoms with Gasteiger partial charge >= 0.3 is 0 Å². The van der Waals surface area contributed by atoms with Gasteiger partial charge in [-0.25, -0.2) is 0 Å². The van der Waals surface area contributed by atoms with E-state index in [4.69, 9.17) is 0 Å². The number of hydrogen-bond acceptors (Lipinski definition) is 2. The third-order valence-electron chi connectivity index (χ3n) is 3.44. The fraction of sp³-hybridized carbons (Fsp3) is 0.278. The van der Waals surface area contributed by atoms with Crippen molar-refractivity contribution in [3.05, 3.63) is 65.7 Å². The molecular weight excluding hydrogens is 260 g/mol. The molecule has 0 aliphatic carbocycles. The molecule has 0 saturated carbocycles. The minimum atomic E-state index is 0.103. The molecule has 3 heteroatoms. The number of carbonyl (C=O) groups excluding carboxylic acids is 1. The van der Waals surface area contributed by atoms with E-state index in [-0.39, 0.29) is 5.91 Å². The van der Waals surface area contributed by atoms with Gasteiger partial charge in [0.15, 0.2) is 0 Å². The van der Waals surface area contributed by atoms with Crippen molar-refractivity contribution in [2.75, 3.05) is 25.5 Å². The highest BCUT2D eigenvalue weighted by atomic mass is 16.2. The van der Waals surface area contributed by atoms with Crippen molar-refractivity contribution in [3.63, 3.8) is 0 Å². The lowest BCUT2D eigenvalue weighted by atomic mass is 10.1. The van der Waals surface area contributed by atoms with Crippen molar-refractivity contribution in [2.45, 2.75) is 13.5 Å². The van der Waals surface area contributed by atoms with Crippen LogP contribution < -0.4 is 4.90 Å². The van der Waals surface area contributed by atoms with E-state index in [1.807, 2.05) is 18.2 Å². The van der Waals surface area contributed by atoms with E-state index in [0.29, 0.717) is 6.54 Å². The van der Waals surface area contributed by atoms with Crippen LogP contribution in [0.2, 0.25) is 0 Å². The standard InChI is InChI=1S/C18H22N2O/c1-15-9-11-17(12-10-15)20(14-18(21)19(2)3)13-16-7-5-4-6-8-16/h4-12H,13-14H2,1-3H3. The highest BCUT2D eigenvalue weighted by molar-refractivity contribution is 5.81. The molecule has 0 unspecified atom stereocenters. The lowest BCUT2D eigenvalue weighted by Gasteiger charge is -2.26. The van der Waals surface area contributed by atoms with Crippen LogP contribution in [0.4, 0.5) is 5.69 Å². The molecule has 1 amide bonds. The number of aryl methyl sites for hydroxylation is 1. The van der Waals surface area contributed by atoms with Gasteiger partial charge in [0.2, 0.25) is 5.91 Å². The van der Waals surface area contributed by atoms with Crippen molar-refractivity contribution in [1.29, 1.82) is 0 Å². The lowest BCUT2D eigenvalue weighted by Crippen LogP contribution is -2.36. The van der Waals surface area contributed by atoms with E-state index in [1.54, 1.807) is 19.0 Å². The van der Waals surface area contributed by atoms with E-state index < -0.39 is 0 Å². The molecule has 3 nitrogen and oxygen atoms in total. The number of likely N-dealkylation sites (N-methyl/N-ethyl adjacent to an activating group) is 1. The van der Waals surface area contributed by atoms with E-state index >= 15 is 0 Å². The predicted molar refractivity (Wildman–Crippen MR) is 87.4 cm³/mol. The Morgan fingerprint density at radius 2 is 1.57 bits per heavy atom. The van der Waals surface area contributed by atoms with Gasteiger partial charge in [-0.2, -0.15) is 0 Å². The summed E-state index contributed by atoms with van der Waals surface area (Å²) in [5.41, 5.74) is 3.49. The van der Waals surface area contributed by atoms with Crippen LogP contribution in [0.25, 0.3) is 0 Å². The van der Waals surface area contributed by atoms with E-state index in [2.05, 4.69) is 48.2 Å². The molecule has 0 aromatic heterocycles. The van der Waals surface area contributed by atoms with Crippen molar-refractivity contribution in [1.82, 2.24) is 4.90 Å². The Labute approximate surface area is 126 Å². The van der Waals surface area contributed by atoms with Crippen LogP contribution in [0.3, 0.4) is 0 Å². The van der Waals surface area contributed by atoms with Crippen LogP contribution in [-0.2, 0) is 11.3 Å². The first-order chi connectivity index (χ1) is 10.1. The molecule has 2 aromatic carbocycles. The van der Waals surface area contributed by atoms with Gasteiger partial charge in [0.1, 0.15) is 0 Å². The second-order valence-electron chi connectivity index (χ2n) is 5.47. The quantitative estimate of drug-likeness (QED) is 0.841. The summed E-state index contributed by atoms with van der Waals surface area (Å²) in [6.45, 7) is 3.17. The minimum Gasteiger partial charge on any atom is -0.358 e. The zero-order valence-corrected chi connectivity index (χ0v) is 12.9. The maximum Gasteiger partial charge on any atom is 0.241 e. The molecule has 110 valence electrons. The summed E-state index contributed by atoms with van der Waals surface area (Å²) in [7, 11) is 3.58. The number of amides is 1. The Morgan fingerprint density at radius 3 is 2.14 bits per heavy atom. The van der Waals surface area contributed by atoms with E-state index in [9.17, 15) is 4.79 Å². The van der Waals surface area contributed by atoms with Crippen LogP contribution >= 0.6 is 0 Å². The molecule has 0 radical (unpaired) electrons. The number of carbonyl (C=O) groups is 1. The SMILES string of the molecule is Cc1ccc(N(CC(=O)N(C)C)Cc2ccccc2)cc1. The Morgan fingerprint density at radius 1 is 0.952 bits per heavy atom. The molecule has 0 atom stereocenters. The average molecular weight is 282 g/mol. The minimum absolute atomic E-state index is 0.103. The van der Waals surface area contributed by atoms with Crippen LogP contribution in [0.15, 0.2) is 54.6 Å². The largest absolute Gasteiger partial charge is 0.358 e. The van der Waals surface area contributed by atoms with Gasteiger partial charge in [0.05, 0.1) is 6.54 Å². The molecule has 2 rings (SSSR count). The summed E-state index contributed by atoms with van der Waals surface area (Å²) in [5.74, 6) is 0.103. The first-order valence-corrected chi connectivity index (χ1v) is 7.12. The van der Waals surface area contributed by atoms with Crippen LogP contribution in [0.5, 0.6) is 0 Å². The molecule has 0 saturated heterocycles. The van der Waals surface area contributed by atoms with Crippen molar-refractivity contribution in [3.8, 4) is 0 Å². The summed E-state index contributed by atoms with van der Waals surface area (Å²) in [6.07, 6.45) is 0. The van der Waals surface area contributed by atoms with Gasteiger partial charge in [-0.3, -0.25) is 4.79 Å². The maximum atomic E-state index is 12.1. The zero-order valence-electron chi connectivity index (χ0n) is 12.9.